The summed E-state index contributed by atoms with van der Waals surface area (Å²) in [7, 11) is 0. The summed E-state index contributed by atoms with van der Waals surface area (Å²) in [5.74, 6) is 0.00510. The molecule has 2 aromatic rings. The molecule has 1 amide bonds. The van der Waals surface area contributed by atoms with E-state index in [1.165, 1.54) is 25.3 Å². The van der Waals surface area contributed by atoms with Gasteiger partial charge in [0.05, 0.1) is 30.6 Å². The summed E-state index contributed by atoms with van der Waals surface area (Å²) in [5.41, 5.74) is 1.73. The summed E-state index contributed by atoms with van der Waals surface area (Å²) in [6.45, 7) is 10.4. The van der Waals surface area contributed by atoms with Gasteiger partial charge in [0.1, 0.15) is 11.5 Å². The molecule has 3 aliphatic rings. The Bertz CT molecular complexity index is 1230. The number of phenols is 2. The Morgan fingerprint density at radius 2 is 1.87 bits per heavy atom. The van der Waals surface area contributed by atoms with Gasteiger partial charge in [0, 0.05) is 38.4 Å². The lowest BCUT2D eigenvalue weighted by Gasteiger charge is -2.34. The van der Waals surface area contributed by atoms with Gasteiger partial charge in [0.25, 0.3) is 5.91 Å². The molecule has 4 heterocycles. The molecule has 3 aliphatic heterocycles. The van der Waals surface area contributed by atoms with Gasteiger partial charge in [-0.3, -0.25) is 14.3 Å². The standard InChI is InChI=1S/C28H39N7O4/c1-19(2)21-16-22(24(37)17-23(21)36)26-31-32-27(28(38)29-8-11-33-9-4-3-5-10-33)35(26)20-6-7-25(30-18-20)34-12-14-39-15-13-34/h6-7,16-19,25,30,36-37H,3-5,8-15H2,1-2H3,(H,29,38). The number of carbonyl (C=O) groups is 1. The Hall–Kier alpha value is -3.41. The maximum atomic E-state index is 13.4. The van der Waals surface area contributed by atoms with Crippen LogP contribution >= 0.6 is 0 Å². The Morgan fingerprint density at radius 1 is 1.10 bits per heavy atom. The van der Waals surface area contributed by atoms with Crippen LogP contribution in [0.25, 0.3) is 17.1 Å². The Morgan fingerprint density at radius 3 is 2.56 bits per heavy atom. The highest BCUT2D eigenvalue weighted by atomic mass is 16.5. The van der Waals surface area contributed by atoms with Crippen molar-refractivity contribution < 1.29 is 19.7 Å². The molecule has 0 radical (unpaired) electrons. The van der Waals surface area contributed by atoms with Crippen LogP contribution in [0.4, 0.5) is 0 Å². The second kappa shape index (κ2) is 12.2. The first-order valence-electron chi connectivity index (χ1n) is 13.9. The molecule has 1 aromatic carbocycles. The lowest BCUT2D eigenvalue weighted by Crippen LogP contribution is -2.49. The lowest BCUT2D eigenvalue weighted by molar-refractivity contribution is 0.0218. The van der Waals surface area contributed by atoms with Crippen molar-refractivity contribution in [2.45, 2.75) is 45.2 Å². The summed E-state index contributed by atoms with van der Waals surface area (Å²) >= 11 is 0. The minimum atomic E-state index is -0.335. The van der Waals surface area contributed by atoms with E-state index >= 15 is 0 Å². The monoisotopic (exact) mass is 537 g/mol. The molecule has 2 fully saturated rings. The van der Waals surface area contributed by atoms with Crippen molar-refractivity contribution in [1.29, 1.82) is 0 Å². The minimum Gasteiger partial charge on any atom is -0.508 e. The summed E-state index contributed by atoms with van der Waals surface area (Å²) in [6, 6.07) is 3.03. The fourth-order valence-electron chi connectivity index (χ4n) is 5.36. The minimum absolute atomic E-state index is 0.00835. The van der Waals surface area contributed by atoms with Crippen molar-refractivity contribution in [3.8, 4) is 22.9 Å². The third-order valence-corrected chi connectivity index (χ3v) is 7.58. The number of nitrogens with zero attached hydrogens (tertiary/aromatic N) is 5. The zero-order valence-corrected chi connectivity index (χ0v) is 22.8. The zero-order valence-electron chi connectivity index (χ0n) is 22.8. The van der Waals surface area contributed by atoms with Gasteiger partial charge in [0.2, 0.25) is 5.82 Å². The van der Waals surface area contributed by atoms with Gasteiger partial charge >= 0.3 is 0 Å². The van der Waals surface area contributed by atoms with Crippen LogP contribution in [0.5, 0.6) is 11.5 Å². The SMILES string of the molecule is CC(C)c1cc(-c2nnc(C(=O)NCCN3CCCCC3)n2C2=CNC(N3CCOCC3)C=C2)c(O)cc1O. The predicted molar refractivity (Wildman–Crippen MR) is 148 cm³/mol. The summed E-state index contributed by atoms with van der Waals surface area (Å²) in [5, 5.41) is 36.2. The number of aromatic hydroxyl groups is 2. The Balaban J connectivity index is 1.44. The maximum absolute atomic E-state index is 13.4. The first-order valence-corrected chi connectivity index (χ1v) is 13.9. The van der Waals surface area contributed by atoms with Crippen LogP contribution in [0.2, 0.25) is 0 Å². The highest BCUT2D eigenvalue weighted by Gasteiger charge is 2.27. The fraction of sp³-hybridized carbons (Fsp3) is 0.536. The van der Waals surface area contributed by atoms with E-state index in [0.717, 1.165) is 32.7 Å². The predicted octanol–water partition coefficient (Wildman–Crippen LogP) is 2.31. The molecule has 2 saturated heterocycles. The summed E-state index contributed by atoms with van der Waals surface area (Å²) in [4.78, 5) is 18.0. The zero-order chi connectivity index (χ0) is 27.4. The van der Waals surface area contributed by atoms with Crippen molar-refractivity contribution in [2.24, 2.45) is 0 Å². The van der Waals surface area contributed by atoms with E-state index in [0.29, 0.717) is 42.4 Å². The summed E-state index contributed by atoms with van der Waals surface area (Å²) < 4.78 is 7.13. The molecule has 5 rings (SSSR count). The average Bonchev–Trinajstić information content (AvgIpc) is 3.39. The van der Waals surface area contributed by atoms with Crippen molar-refractivity contribution >= 4 is 11.6 Å². The van der Waals surface area contributed by atoms with E-state index in [1.807, 2.05) is 32.2 Å². The van der Waals surface area contributed by atoms with Crippen molar-refractivity contribution in [3.63, 3.8) is 0 Å². The molecule has 4 N–H and O–H groups in total. The van der Waals surface area contributed by atoms with Crippen LogP contribution in [0.1, 0.15) is 55.2 Å². The number of benzene rings is 1. The molecular weight excluding hydrogens is 498 g/mol. The number of allylic oxidation sites excluding steroid dienone is 2. The van der Waals surface area contributed by atoms with Crippen molar-refractivity contribution in [1.82, 2.24) is 35.2 Å². The average molecular weight is 538 g/mol. The molecule has 210 valence electrons. The van der Waals surface area contributed by atoms with Crippen LogP contribution < -0.4 is 10.6 Å². The van der Waals surface area contributed by atoms with Gasteiger partial charge < -0.3 is 30.5 Å². The quantitative estimate of drug-likeness (QED) is 0.401. The second-order valence-corrected chi connectivity index (χ2v) is 10.6. The maximum Gasteiger partial charge on any atom is 0.289 e. The van der Waals surface area contributed by atoms with Crippen LogP contribution in [0, 0.1) is 0 Å². The van der Waals surface area contributed by atoms with Crippen LogP contribution in [0.3, 0.4) is 0 Å². The smallest absolute Gasteiger partial charge is 0.289 e. The number of piperidine rings is 1. The molecule has 0 saturated carbocycles. The third kappa shape index (κ3) is 6.10. The number of nitrogens with one attached hydrogen (secondary N) is 2. The third-order valence-electron chi connectivity index (χ3n) is 7.58. The van der Waals surface area contributed by atoms with Crippen LogP contribution in [-0.4, -0.2) is 99.3 Å². The van der Waals surface area contributed by atoms with E-state index in [9.17, 15) is 15.0 Å². The summed E-state index contributed by atoms with van der Waals surface area (Å²) in [6.07, 6.45) is 9.48. The Labute approximate surface area is 229 Å². The van der Waals surface area contributed by atoms with Gasteiger partial charge in [0.15, 0.2) is 5.82 Å². The van der Waals surface area contributed by atoms with Gasteiger partial charge in [-0.2, -0.15) is 0 Å². The van der Waals surface area contributed by atoms with E-state index in [2.05, 4.69) is 30.6 Å². The molecule has 11 heteroatoms. The molecule has 1 aromatic heterocycles. The van der Waals surface area contributed by atoms with Crippen molar-refractivity contribution in [3.05, 3.63) is 41.9 Å². The molecular formula is C28H39N7O4. The van der Waals surface area contributed by atoms with Crippen molar-refractivity contribution in [2.75, 3.05) is 52.5 Å². The highest BCUT2D eigenvalue weighted by Crippen LogP contribution is 2.38. The highest BCUT2D eigenvalue weighted by molar-refractivity contribution is 5.93. The van der Waals surface area contributed by atoms with Crippen LogP contribution in [0.15, 0.2) is 30.5 Å². The van der Waals surface area contributed by atoms with Gasteiger partial charge in [-0.15, -0.1) is 10.2 Å². The second-order valence-electron chi connectivity index (χ2n) is 10.6. The largest absolute Gasteiger partial charge is 0.508 e. The van der Waals surface area contributed by atoms with Gasteiger partial charge in [-0.05, 0) is 55.6 Å². The number of rotatable bonds is 8. The Kier molecular flexibility index (Phi) is 8.49. The lowest BCUT2D eigenvalue weighted by atomic mass is 9.98. The number of likely N-dealkylation sites (tertiary alicyclic amines) is 1. The van der Waals surface area contributed by atoms with E-state index < -0.39 is 0 Å². The number of amides is 1. The van der Waals surface area contributed by atoms with Crippen LogP contribution in [-0.2, 0) is 4.74 Å². The first-order chi connectivity index (χ1) is 18.9. The van der Waals surface area contributed by atoms with E-state index in [4.69, 9.17) is 4.74 Å². The van der Waals surface area contributed by atoms with Gasteiger partial charge in [-0.25, -0.2) is 0 Å². The normalized spacial score (nSPS) is 20.6. The van der Waals surface area contributed by atoms with E-state index in [-0.39, 0.29) is 35.3 Å². The molecule has 39 heavy (non-hydrogen) atoms. The number of hydrogen-bond acceptors (Lipinski definition) is 9. The number of morpholine rings is 1. The molecule has 11 nitrogen and oxygen atoms in total. The number of ether oxygens (including phenoxy) is 1. The fourth-order valence-corrected chi connectivity index (χ4v) is 5.36. The molecule has 1 atom stereocenters. The molecule has 0 spiro atoms. The molecule has 0 aliphatic carbocycles. The van der Waals surface area contributed by atoms with Gasteiger partial charge in [-0.1, -0.05) is 20.3 Å². The number of dihydropyridines is 1. The number of carbonyl (C=O) groups excluding carboxylic acids is 1. The first kappa shape index (κ1) is 27.2. The molecule has 1 unspecified atom stereocenters. The number of phenolic OH excluding ortho intramolecular Hbond substituents is 2. The molecule has 0 bridgehead atoms. The van der Waals surface area contributed by atoms with E-state index in [1.54, 1.807) is 10.6 Å². The number of aromatic nitrogens is 3. The topological polar surface area (TPSA) is 128 Å². The number of hydrogen-bond donors (Lipinski definition) is 4.